The molecule has 0 aromatic heterocycles. The minimum absolute atomic E-state index is 0.188. The van der Waals surface area contributed by atoms with Crippen molar-refractivity contribution in [3.05, 3.63) is 65.2 Å². The van der Waals surface area contributed by atoms with Gasteiger partial charge in [0.05, 0.1) is 0 Å². The maximum absolute atomic E-state index is 13.7. The molecule has 0 heterocycles. The Morgan fingerprint density at radius 2 is 1.96 bits per heavy atom. The maximum Gasteiger partial charge on any atom is 0.130 e. The van der Waals surface area contributed by atoms with E-state index in [-0.39, 0.29) is 18.7 Å². The van der Waals surface area contributed by atoms with E-state index in [0.29, 0.717) is 5.56 Å². The summed E-state index contributed by atoms with van der Waals surface area (Å²) in [6.07, 6.45) is 1.50. The van der Waals surface area contributed by atoms with Crippen molar-refractivity contribution in [3.63, 3.8) is 0 Å². The Morgan fingerprint density at radius 1 is 1.16 bits per heavy atom. The first-order valence-electron chi connectivity index (χ1n) is 8.62. The average molecular weight is 347 g/mol. The van der Waals surface area contributed by atoms with Crippen molar-refractivity contribution in [2.75, 3.05) is 0 Å². The largest absolute Gasteiger partial charge is 0.487 e. The smallest absolute Gasteiger partial charge is 0.130 e. The Labute approximate surface area is 146 Å². The van der Waals surface area contributed by atoms with Gasteiger partial charge in [-0.05, 0) is 43.9 Å². The molecule has 5 heteroatoms. The van der Waals surface area contributed by atoms with Crippen LogP contribution in [0.2, 0.25) is 0 Å². The zero-order valence-electron chi connectivity index (χ0n) is 14.2. The number of aliphatic hydroxyl groups excluding tert-OH is 1. The number of hydrogen-bond donors (Lipinski definition) is 2. The van der Waals surface area contributed by atoms with Crippen molar-refractivity contribution in [1.82, 2.24) is 5.32 Å². The highest BCUT2D eigenvalue weighted by atomic mass is 19.1. The number of aryl methyl sites for hydroxylation is 1. The second-order valence-corrected chi connectivity index (χ2v) is 6.57. The summed E-state index contributed by atoms with van der Waals surface area (Å²) < 4.78 is 32.7. The highest BCUT2D eigenvalue weighted by Crippen LogP contribution is 2.26. The molecule has 2 aromatic carbocycles. The summed E-state index contributed by atoms with van der Waals surface area (Å²) in [5.74, 6) is -0.395. The van der Waals surface area contributed by atoms with Gasteiger partial charge in [-0.1, -0.05) is 24.3 Å². The Balaban J connectivity index is 1.62. The fourth-order valence-electron chi connectivity index (χ4n) is 3.25. The Hall–Kier alpha value is -1.98. The van der Waals surface area contributed by atoms with Crippen LogP contribution in [0.25, 0.3) is 0 Å². The number of rotatable bonds is 5. The molecule has 0 amide bonds. The van der Waals surface area contributed by atoms with Crippen LogP contribution in [0.4, 0.5) is 8.78 Å². The summed E-state index contributed by atoms with van der Waals surface area (Å²) in [6, 6.07) is 11.1. The first-order chi connectivity index (χ1) is 12.0. The third-order valence-electron chi connectivity index (χ3n) is 4.74. The monoisotopic (exact) mass is 347 g/mol. The number of halogens is 2. The van der Waals surface area contributed by atoms with E-state index in [2.05, 4.69) is 5.32 Å². The molecule has 1 fully saturated rings. The molecule has 0 radical (unpaired) electrons. The zero-order chi connectivity index (χ0) is 17.8. The molecule has 3 rings (SSSR count). The van der Waals surface area contributed by atoms with Gasteiger partial charge in [0, 0.05) is 24.2 Å². The van der Waals surface area contributed by atoms with Crippen molar-refractivity contribution >= 4 is 0 Å². The molecule has 2 aromatic rings. The predicted molar refractivity (Wildman–Crippen MR) is 92.4 cm³/mol. The van der Waals surface area contributed by atoms with E-state index in [1.165, 1.54) is 12.1 Å². The lowest BCUT2D eigenvalue weighted by atomic mass is 9.89. The van der Waals surface area contributed by atoms with Crippen LogP contribution in [0, 0.1) is 18.6 Å². The van der Waals surface area contributed by atoms with E-state index in [9.17, 15) is 13.9 Å². The van der Waals surface area contributed by atoms with Gasteiger partial charge in [-0.25, -0.2) is 8.78 Å². The summed E-state index contributed by atoms with van der Waals surface area (Å²) in [6.45, 7) is 2.21. The van der Waals surface area contributed by atoms with Crippen LogP contribution in [0.5, 0.6) is 5.75 Å². The number of nitrogens with one attached hydrogen (secondary N) is 1. The highest BCUT2D eigenvalue weighted by molar-refractivity contribution is 5.32. The lowest BCUT2D eigenvalue weighted by Crippen LogP contribution is -2.51. The van der Waals surface area contributed by atoms with E-state index in [0.717, 1.165) is 36.6 Å². The van der Waals surface area contributed by atoms with Crippen LogP contribution in [-0.2, 0) is 6.54 Å². The molecule has 2 N–H and O–H groups in total. The Kier molecular flexibility index (Phi) is 5.66. The lowest BCUT2D eigenvalue weighted by Gasteiger charge is -2.35. The third-order valence-corrected chi connectivity index (χ3v) is 4.74. The number of ether oxygens (including phenoxy) is 1. The van der Waals surface area contributed by atoms with Crippen LogP contribution in [0.1, 0.15) is 30.4 Å². The Morgan fingerprint density at radius 3 is 2.72 bits per heavy atom. The summed E-state index contributed by atoms with van der Waals surface area (Å²) >= 11 is 0. The molecular weight excluding hydrogens is 324 g/mol. The second-order valence-electron chi connectivity index (χ2n) is 6.57. The SMILES string of the molecule is Cc1ccccc1O[C@@H]1CCC[C@H](NCc2ccc(F)cc2F)[C@H]1O. The second kappa shape index (κ2) is 7.93. The molecular formula is C20H23F2NO2. The van der Waals surface area contributed by atoms with Gasteiger partial charge in [0.25, 0.3) is 0 Å². The third kappa shape index (κ3) is 4.35. The molecule has 134 valence electrons. The maximum atomic E-state index is 13.7. The van der Waals surface area contributed by atoms with Gasteiger partial charge in [-0.15, -0.1) is 0 Å². The fraction of sp³-hybridized carbons (Fsp3) is 0.400. The number of para-hydroxylation sites is 1. The van der Waals surface area contributed by atoms with Crippen molar-refractivity contribution < 1.29 is 18.6 Å². The van der Waals surface area contributed by atoms with Crippen molar-refractivity contribution in [2.24, 2.45) is 0 Å². The first kappa shape index (κ1) is 17.8. The van der Waals surface area contributed by atoms with Gasteiger partial charge in [0.15, 0.2) is 0 Å². The fourth-order valence-corrected chi connectivity index (χ4v) is 3.25. The normalized spacial score (nSPS) is 23.4. The molecule has 0 bridgehead atoms. The molecule has 25 heavy (non-hydrogen) atoms. The summed E-state index contributed by atoms with van der Waals surface area (Å²) in [7, 11) is 0. The summed E-state index contributed by atoms with van der Waals surface area (Å²) in [4.78, 5) is 0. The van der Waals surface area contributed by atoms with Crippen molar-refractivity contribution in [1.29, 1.82) is 0 Å². The molecule has 1 aliphatic rings. The van der Waals surface area contributed by atoms with E-state index in [1.54, 1.807) is 0 Å². The highest BCUT2D eigenvalue weighted by Gasteiger charge is 2.33. The summed E-state index contributed by atoms with van der Waals surface area (Å²) in [5.41, 5.74) is 1.41. The minimum atomic E-state index is -0.683. The number of hydrogen-bond acceptors (Lipinski definition) is 3. The summed E-state index contributed by atoms with van der Waals surface area (Å²) in [5, 5.41) is 13.8. The first-order valence-corrected chi connectivity index (χ1v) is 8.62. The van der Waals surface area contributed by atoms with Crippen molar-refractivity contribution in [2.45, 2.75) is 51.0 Å². The van der Waals surface area contributed by atoms with Gasteiger partial charge < -0.3 is 15.2 Å². The molecule has 3 nitrogen and oxygen atoms in total. The van der Waals surface area contributed by atoms with Crippen molar-refractivity contribution in [3.8, 4) is 5.75 Å². The number of aliphatic hydroxyl groups is 1. The van der Waals surface area contributed by atoms with Crippen LogP contribution in [0.3, 0.4) is 0 Å². The minimum Gasteiger partial charge on any atom is -0.487 e. The predicted octanol–water partition coefficient (Wildman–Crippen LogP) is 3.72. The van der Waals surface area contributed by atoms with E-state index >= 15 is 0 Å². The van der Waals surface area contributed by atoms with Gasteiger partial charge >= 0.3 is 0 Å². The van der Waals surface area contributed by atoms with Crippen LogP contribution in [0.15, 0.2) is 42.5 Å². The van der Waals surface area contributed by atoms with E-state index in [1.807, 2.05) is 31.2 Å². The molecule has 1 saturated carbocycles. The molecule has 0 saturated heterocycles. The molecule has 1 aliphatic carbocycles. The topological polar surface area (TPSA) is 41.5 Å². The van der Waals surface area contributed by atoms with E-state index < -0.39 is 17.7 Å². The number of benzene rings is 2. The lowest BCUT2D eigenvalue weighted by molar-refractivity contribution is -0.0160. The molecule has 0 unspecified atom stereocenters. The van der Waals surface area contributed by atoms with Crippen LogP contribution in [-0.4, -0.2) is 23.4 Å². The van der Waals surface area contributed by atoms with E-state index in [4.69, 9.17) is 4.74 Å². The quantitative estimate of drug-likeness (QED) is 0.866. The average Bonchev–Trinajstić information content (AvgIpc) is 2.59. The van der Waals surface area contributed by atoms with Crippen LogP contribution < -0.4 is 10.1 Å². The van der Waals surface area contributed by atoms with Gasteiger partial charge in [-0.3, -0.25) is 0 Å². The van der Waals surface area contributed by atoms with Gasteiger partial charge in [0.2, 0.25) is 0 Å². The van der Waals surface area contributed by atoms with Gasteiger partial charge in [-0.2, -0.15) is 0 Å². The van der Waals surface area contributed by atoms with Crippen LogP contribution >= 0.6 is 0 Å². The molecule has 0 spiro atoms. The molecule has 3 atom stereocenters. The zero-order valence-corrected chi connectivity index (χ0v) is 14.2. The van der Waals surface area contributed by atoms with Gasteiger partial charge in [0.1, 0.15) is 29.6 Å². The Bertz CT molecular complexity index is 723. The standard InChI is InChI=1S/C20H23F2NO2/c1-13-5-2-3-7-18(13)25-19-8-4-6-17(20(19)24)23-12-14-9-10-15(21)11-16(14)22/h2-3,5,7,9-11,17,19-20,23-24H,4,6,8,12H2,1H3/t17-,19+,20+/m0/s1. The molecule has 0 aliphatic heterocycles.